The third-order valence-electron chi connectivity index (χ3n) is 3.35. The zero-order valence-electron chi connectivity index (χ0n) is 13.1. The van der Waals surface area contributed by atoms with Gasteiger partial charge in [-0.3, -0.25) is 0 Å². The third kappa shape index (κ3) is 5.01. The molecule has 22 heavy (non-hydrogen) atoms. The van der Waals surface area contributed by atoms with Crippen molar-refractivity contribution < 1.29 is 9.13 Å². The van der Waals surface area contributed by atoms with E-state index in [-0.39, 0.29) is 6.61 Å². The molecule has 0 amide bonds. The van der Waals surface area contributed by atoms with Crippen LogP contribution in [-0.4, -0.2) is 27.4 Å². The molecule has 0 aliphatic carbocycles. The van der Waals surface area contributed by atoms with Crippen LogP contribution in [0.1, 0.15) is 16.7 Å². The van der Waals surface area contributed by atoms with Gasteiger partial charge in [0, 0.05) is 19.8 Å². The lowest BCUT2D eigenvalue weighted by Gasteiger charge is -2.11. The molecule has 2 aromatic carbocycles. The number of rotatable bonds is 7. The van der Waals surface area contributed by atoms with Crippen molar-refractivity contribution in [3.63, 3.8) is 0 Å². The molecular formula is C19H22FNO. The van der Waals surface area contributed by atoms with E-state index in [1.165, 1.54) is 11.3 Å². The largest absolute Gasteiger partial charge is 0.378 e. The molecule has 0 saturated carbocycles. The predicted octanol–water partition coefficient (Wildman–Crippen LogP) is 4.41. The van der Waals surface area contributed by atoms with E-state index in [4.69, 9.17) is 4.74 Å². The molecule has 0 aromatic heterocycles. The van der Waals surface area contributed by atoms with Crippen LogP contribution in [-0.2, 0) is 11.3 Å². The smallest absolute Gasteiger partial charge is 0.113 e. The van der Waals surface area contributed by atoms with Crippen molar-refractivity contribution in [3.8, 4) is 0 Å². The topological polar surface area (TPSA) is 12.5 Å². The van der Waals surface area contributed by atoms with Crippen LogP contribution in [0.4, 0.5) is 10.1 Å². The van der Waals surface area contributed by atoms with Gasteiger partial charge in [-0.2, -0.15) is 0 Å². The lowest BCUT2D eigenvalue weighted by molar-refractivity contribution is 0.106. The van der Waals surface area contributed by atoms with Crippen LogP contribution in [0.5, 0.6) is 0 Å². The molecule has 0 radical (unpaired) electrons. The van der Waals surface area contributed by atoms with Crippen LogP contribution >= 0.6 is 0 Å². The summed E-state index contributed by atoms with van der Waals surface area (Å²) in [5.74, 6) is 0. The number of nitrogens with zero attached hydrogens (tertiary/aromatic N) is 1. The van der Waals surface area contributed by atoms with Gasteiger partial charge in [0.15, 0.2) is 0 Å². The van der Waals surface area contributed by atoms with Gasteiger partial charge in [-0.05, 0) is 28.8 Å². The van der Waals surface area contributed by atoms with Gasteiger partial charge < -0.3 is 9.64 Å². The van der Waals surface area contributed by atoms with Crippen molar-refractivity contribution in [2.24, 2.45) is 0 Å². The van der Waals surface area contributed by atoms with Crippen LogP contribution in [0.2, 0.25) is 0 Å². The van der Waals surface area contributed by atoms with Crippen molar-refractivity contribution in [1.29, 1.82) is 0 Å². The first-order valence-corrected chi connectivity index (χ1v) is 7.37. The average Bonchev–Trinajstić information content (AvgIpc) is 2.55. The van der Waals surface area contributed by atoms with Crippen LogP contribution in [0.25, 0.3) is 12.2 Å². The maximum absolute atomic E-state index is 12.0. The molecule has 2 aromatic rings. The molecule has 0 spiro atoms. The van der Waals surface area contributed by atoms with Crippen LogP contribution in [0, 0.1) is 0 Å². The zero-order chi connectivity index (χ0) is 15.8. The lowest BCUT2D eigenvalue weighted by atomic mass is 10.1. The molecule has 0 fully saturated rings. The van der Waals surface area contributed by atoms with Gasteiger partial charge in [-0.15, -0.1) is 0 Å². The number of hydrogen-bond acceptors (Lipinski definition) is 2. The van der Waals surface area contributed by atoms with E-state index >= 15 is 0 Å². The van der Waals surface area contributed by atoms with Crippen molar-refractivity contribution in [2.75, 3.05) is 32.3 Å². The van der Waals surface area contributed by atoms with Crippen molar-refractivity contribution >= 4 is 17.8 Å². The van der Waals surface area contributed by atoms with Crippen LogP contribution in [0.3, 0.4) is 0 Å². The Morgan fingerprint density at radius 2 is 1.45 bits per heavy atom. The van der Waals surface area contributed by atoms with E-state index in [2.05, 4.69) is 41.3 Å². The van der Waals surface area contributed by atoms with Gasteiger partial charge >= 0.3 is 0 Å². The molecule has 0 heterocycles. The maximum atomic E-state index is 12.0. The molecule has 3 heteroatoms. The fourth-order valence-electron chi connectivity index (χ4n) is 2.05. The molecule has 0 aliphatic rings. The summed E-state index contributed by atoms with van der Waals surface area (Å²) in [4.78, 5) is 2.08. The minimum Gasteiger partial charge on any atom is -0.378 e. The zero-order valence-corrected chi connectivity index (χ0v) is 13.1. The summed E-state index contributed by atoms with van der Waals surface area (Å²) in [6.07, 6.45) is 4.17. The maximum Gasteiger partial charge on any atom is 0.113 e. The normalized spacial score (nSPS) is 11.0. The molecular weight excluding hydrogens is 276 g/mol. The number of ether oxygens (including phenoxy) is 1. The number of halogens is 1. The predicted molar refractivity (Wildman–Crippen MR) is 91.8 cm³/mol. The molecule has 2 rings (SSSR count). The Kier molecular flexibility index (Phi) is 6.16. The second kappa shape index (κ2) is 8.35. The second-order valence-corrected chi connectivity index (χ2v) is 5.30. The highest BCUT2D eigenvalue weighted by molar-refractivity contribution is 5.70. The molecule has 0 aliphatic heterocycles. The first-order chi connectivity index (χ1) is 10.7. The second-order valence-electron chi connectivity index (χ2n) is 5.30. The van der Waals surface area contributed by atoms with Crippen LogP contribution < -0.4 is 4.90 Å². The first-order valence-electron chi connectivity index (χ1n) is 7.37. The highest BCUT2D eigenvalue weighted by Crippen LogP contribution is 2.15. The molecule has 0 N–H and O–H groups in total. The van der Waals surface area contributed by atoms with Gasteiger partial charge in [0.2, 0.25) is 0 Å². The highest BCUT2D eigenvalue weighted by atomic mass is 18.2. The summed E-state index contributed by atoms with van der Waals surface area (Å²) in [6.45, 7) is 0.179. The quantitative estimate of drug-likeness (QED) is 0.554. The molecule has 116 valence electrons. The number of hydrogen-bond donors (Lipinski definition) is 0. The van der Waals surface area contributed by atoms with E-state index in [0.717, 1.165) is 11.1 Å². The standard InChI is InChI=1S/C19H22FNO/c1-21(2)19-11-9-17(10-12-19)4-3-16-5-7-18(8-6-16)15-22-14-13-20/h3-12H,13-15H2,1-2H3/b4-3+/i20-1. The van der Waals surface area contributed by atoms with Gasteiger partial charge in [0.25, 0.3) is 0 Å². The molecule has 0 unspecified atom stereocenters. The Bertz CT molecular complexity index is 588. The number of benzene rings is 2. The Morgan fingerprint density at radius 1 is 0.909 bits per heavy atom. The Balaban J connectivity index is 1.94. The van der Waals surface area contributed by atoms with Crippen LogP contribution in [0.15, 0.2) is 48.5 Å². The first kappa shape index (κ1) is 16.2. The van der Waals surface area contributed by atoms with Gasteiger partial charge in [0.1, 0.15) is 6.67 Å². The molecule has 0 atom stereocenters. The van der Waals surface area contributed by atoms with Gasteiger partial charge in [0.05, 0.1) is 13.2 Å². The summed E-state index contributed by atoms with van der Waals surface area (Å²) >= 11 is 0. The minimum atomic E-state index is -0.437. The monoisotopic (exact) mass is 298 g/mol. The molecule has 2 nitrogen and oxygen atoms in total. The van der Waals surface area contributed by atoms with E-state index in [1.807, 2.05) is 38.4 Å². The molecule has 0 bridgehead atoms. The summed E-state index contributed by atoms with van der Waals surface area (Å²) in [7, 11) is 4.06. The Labute approximate surface area is 131 Å². The van der Waals surface area contributed by atoms with E-state index < -0.39 is 6.67 Å². The lowest BCUT2D eigenvalue weighted by Crippen LogP contribution is -2.07. The number of anilines is 1. The molecule has 0 saturated heterocycles. The summed E-state index contributed by atoms with van der Waals surface area (Å²) in [5.41, 5.74) is 4.54. The SMILES string of the molecule is CN(C)c1ccc(/C=C/c2ccc(COCC[18F])cc2)cc1. The van der Waals surface area contributed by atoms with Gasteiger partial charge in [-0.1, -0.05) is 48.6 Å². The Morgan fingerprint density at radius 3 is 1.95 bits per heavy atom. The summed E-state index contributed by atoms with van der Waals surface area (Å²) < 4.78 is 17.1. The summed E-state index contributed by atoms with van der Waals surface area (Å²) in [6, 6.07) is 16.5. The van der Waals surface area contributed by atoms with E-state index in [1.54, 1.807) is 0 Å². The van der Waals surface area contributed by atoms with E-state index in [9.17, 15) is 4.39 Å². The third-order valence-corrected chi connectivity index (χ3v) is 3.35. The van der Waals surface area contributed by atoms with Crippen molar-refractivity contribution in [2.45, 2.75) is 6.61 Å². The number of alkyl halides is 1. The Hall–Kier alpha value is -2.13. The summed E-state index contributed by atoms with van der Waals surface area (Å²) in [5, 5.41) is 0. The van der Waals surface area contributed by atoms with Crippen molar-refractivity contribution in [1.82, 2.24) is 0 Å². The van der Waals surface area contributed by atoms with Gasteiger partial charge in [-0.25, -0.2) is 4.39 Å². The average molecular weight is 298 g/mol. The fraction of sp³-hybridized carbons (Fsp3) is 0.263. The highest BCUT2D eigenvalue weighted by Gasteiger charge is 1.95. The fourth-order valence-corrected chi connectivity index (χ4v) is 2.05. The minimum absolute atomic E-state index is 0.157. The van der Waals surface area contributed by atoms with Crippen molar-refractivity contribution in [3.05, 3.63) is 65.2 Å². The van der Waals surface area contributed by atoms with E-state index in [0.29, 0.717) is 6.61 Å².